The Bertz CT molecular complexity index is 710. The molecule has 1 heterocycles. The molecule has 1 fully saturated rings. The highest BCUT2D eigenvalue weighted by Gasteiger charge is 2.35. The Hall–Kier alpha value is -2.70. The molecule has 3 rings (SSSR count). The van der Waals surface area contributed by atoms with E-state index in [0.29, 0.717) is 5.56 Å². The molecule has 0 aliphatic heterocycles. The van der Waals surface area contributed by atoms with E-state index < -0.39 is 11.9 Å². The summed E-state index contributed by atoms with van der Waals surface area (Å²) in [7, 11) is 0. The normalized spacial score (nSPS) is 15.2. The van der Waals surface area contributed by atoms with Gasteiger partial charge in [0.25, 0.3) is 5.91 Å². The van der Waals surface area contributed by atoms with Crippen LogP contribution in [0.2, 0.25) is 0 Å². The van der Waals surface area contributed by atoms with Crippen molar-refractivity contribution >= 4 is 11.9 Å². The molecule has 2 aromatic rings. The minimum absolute atomic E-state index is 0.137. The van der Waals surface area contributed by atoms with Crippen molar-refractivity contribution in [1.82, 2.24) is 19.9 Å². The standard InChI is InChI=1S/C16H18N4O3/c1-11(16(22)23)10-19(13-5-6-13)15(21)12-3-2-4-14(9-12)20-8-7-17-18-20/h2-4,7-9,11,13H,5-6,10H2,1H3,(H,22,23). The molecular weight excluding hydrogens is 296 g/mol. The van der Waals surface area contributed by atoms with Crippen molar-refractivity contribution in [2.24, 2.45) is 5.92 Å². The average molecular weight is 314 g/mol. The second-order valence-corrected chi connectivity index (χ2v) is 5.83. The third-order valence-corrected chi connectivity index (χ3v) is 3.92. The van der Waals surface area contributed by atoms with E-state index in [1.54, 1.807) is 47.1 Å². The maximum Gasteiger partial charge on any atom is 0.308 e. The minimum atomic E-state index is -0.889. The summed E-state index contributed by atoms with van der Waals surface area (Å²) in [5.41, 5.74) is 1.28. The predicted octanol–water partition coefficient (Wildman–Crippen LogP) is 1.59. The van der Waals surface area contributed by atoms with E-state index in [2.05, 4.69) is 10.3 Å². The Kier molecular flexibility index (Phi) is 4.10. The maximum atomic E-state index is 12.8. The van der Waals surface area contributed by atoms with Crippen LogP contribution >= 0.6 is 0 Å². The van der Waals surface area contributed by atoms with E-state index in [1.807, 2.05) is 6.07 Å². The Morgan fingerprint density at radius 2 is 2.22 bits per heavy atom. The van der Waals surface area contributed by atoms with E-state index in [1.165, 1.54) is 0 Å². The lowest BCUT2D eigenvalue weighted by molar-refractivity contribution is -0.141. The van der Waals surface area contributed by atoms with Gasteiger partial charge in [0.1, 0.15) is 0 Å². The van der Waals surface area contributed by atoms with E-state index in [0.717, 1.165) is 18.5 Å². The first-order valence-corrected chi connectivity index (χ1v) is 7.57. The summed E-state index contributed by atoms with van der Waals surface area (Å²) >= 11 is 0. The molecular formula is C16H18N4O3. The summed E-state index contributed by atoms with van der Waals surface area (Å²) in [6, 6.07) is 7.27. The summed E-state index contributed by atoms with van der Waals surface area (Å²) in [6.07, 6.45) is 5.13. The van der Waals surface area contributed by atoms with Gasteiger partial charge in [-0.1, -0.05) is 18.2 Å². The quantitative estimate of drug-likeness (QED) is 0.875. The molecule has 1 saturated carbocycles. The Morgan fingerprint density at radius 3 is 2.83 bits per heavy atom. The van der Waals surface area contributed by atoms with Crippen LogP contribution in [0, 0.1) is 5.92 Å². The van der Waals surface area contributed by atoms with Crippen LogP contribution in [0.1, 0.15) is 30.1 Å². The van der Waals surface area contributed by atoms with Crippen molar-refractivity contribution in [2.45, 2.75) is 25.8 Å². The van der Waals surface area contributed by atoms with Crippen molar-refractivity contribution in [1.29, 1.82) is 0 Å². The molecule has 0 radical (unpaired) electrons. The number of carboxylic acids is 1. The molecule has 23 heavy (non-hydrogen) atoms. The van der Waals surface area contributed by atoms with Gasteiger partial charge in [-0.3, -0.25) is 9.59 Å². The van der Waals surface area contributed by atoms with Crippen molar-refractivity contribution < 1.29 is 14.7 Å². The number of carboxylic acid groups (broad SMARTS) is 1. The second kappa shape index (κ2) is 6.20. The first-order chi connectivity index (χ1) is 11.1. The van der Waals surface area contributed by atoms with Crippen LogP contribution in [0.25, 0.3) is 5.69 Å². The highest BCUT2D eigenvalue weighted by Crippen LogP contribution is 2.29. The lowest BCUT2D eigenvalue weighted by Gasteiger charge is -2.24. The fourth-order valence-electron chi connectivity index (χ4n) is 2.45. The summed E-state index contributed by atoms with van der Waals surface area (Å²) in [6.45, 7) is 1.85. The van der Waals surface area contributed by atoms with Crippen LogP contribution in [-0.4, -0.2) is 49.5 Å². The van der Waals surface area contributed by atoms with Gasteiger partial charge in [-0.05, 0) is 31.0 Å². The van der Waals surface area contributed by atoms with E-state index in [-0.39, 0.29) is 18.5 Å². The zero-order valence-corrected chi connectivity index (χ0v) is 12.8. The van der Waals surface area contributed by atoms with Gasteiger partial charge in [0, 0.05) is 18.2 Å². The lowest BCUT2D eigenvalue weighted by atomic mass is 10.1. The molecule has 1 unspecified atom stereocenters. The van der Waals surface area contributed by atoms with Crippen molar-refractivity contribution in [3.05, 3.63) is 42.2 Å². The number of carbonyl (C=O) groups excluding carboxylic acids is 1. The number of rotatable bonds is 6. The molecule has 1 atom stereocenters. The van der Waals surface area contributed by atoms with Gasteiger partial charge in [0.15, 0.2) is 0 Å². The molecule has 0 bridgehead atoms. The topological polar surface area (TPSA) is 88.3 Å². The number of benzene rings is 1. The van der Waals surface area contributed by atoms with Crippen LogP contribution in [0.15, 0.2) is 36.7 Å². The molecule has 1 aromatic carbocycles. The van der Waals surface area contributed by atoms with E-state index in [4.69, 9.17) is 5.11 Å². The van der Waals surface area contributed by atoms with E-state index >= 15 is 0 Å². The SMILES string of the molecule is CC(CN(C(=O)c1cccc(-n2ccnn2)c1)C1CC1)C(=O)O. The molecule has 7 heteroatoms. The van der Waals surface area contributed by atoms with Gasteiger partial charge in [-0.25, -0.2) is 4.68 Å². The fourth-order valence-corrected chi connectivity index (χ4v) is 2.45. The molecule has 0 spiro atoms. The van der Waals surface area contributed by atoms with Crippen LogP contribution in [0.3, 0.4) is 0 Å². The number of carbonyl (C=O) groups is 2. The first kappa shape index (κ1) is 15.2. The Labute approximate surface area is 133 Å². The van der Waals surface area contributed by atoms with Crippen LogP contribution in [-0.2, 0) is 4.79 Å². The Morgan fingerprint density at radius 1 is 1.43 bits per heavy atom. The Balaban J connectivity index is 1.83. The van der Waals surface area contributed by atoms with Gasteiger partial charge in [-0.15, -0.1) is 5.10 Å². The number of aliphatic carboxylic acids is 1. The number of amides is 1. The summed E-state index contributed by atoms with van der Waals surface area (Å²) in [5.74, 6) is -1.61. The molecule has 1 N–H and O–H groups in total. The van der Waals surface area contributed by atoms with Crippen molar-refractivity contribution in [3.8, 4) is 5.69 Å². The first-order valence-electron chi connectivity index (χ1n) is 7.57. The van der Waals surface area contributed by atoms with Gasteiger partial charge in [0.2, 0.25) is 0 Å². The third-order valence-electron chi connectivity index (χ3n) is 3.92. The van der Waals surface area contributed by atoms with Gasteiger partial charge in [0.05, 0.1) is 24.0 Å². The molecule has 120 valence electrons. The largest absolute Gasteiger partial charge is 0.481 e. The highest BCUT2D eigenvalue weighted by atomic mass is 16.4. The number of hydrogen-bond acceptors (Lipinski definition) is 4. The number of aromatic nitrogens is 3. The fraction of sp³-hybridized carbons (Fsp3) is 0.375. The number of nitrogens with zero attached hydrogens (tertiary/aromatic N) is 4. The monoisotopic (exact) mass is 314 g/mol. The molecule has 1 amide bonds. The zero-order chi connectivity index (χ0) is 16.4. The van der Waals surface area contributed by atoms with E-state index in [9.17, 15) is 9.59 Å². The summed E-state index contributed by atoms with van der Waals surface area (Å²) < 4.78 is 1.58. The molecule has 0 saturated heterocycles. The van der Waals surface area contributed by atoms with Gasteiger partial charge >= 0.3 is 5.97 Å². The second-order valence-electron chi connectivity index (χ2n) is 5.83. The smallest absolute Gasteiger partial charge is 0.308 e. The molecule has 1 aliphatic carbocycles. The summed E-state index contributed by atoms with van der Waals surface area (Å²) in [4.78, 5) is 25.6. The minimum Gasteiger partial charge on any atom is -0.481 e. The maximum absolute atomic E-state index is 12.8. The third kappa shape index (κ3) is 3.39. The zero-order valence-electron chi connectivity index (χ0n) is 12.8. The van der Waals surface area contributed by atoms with Crippen LogP contribution < -0.4 is 0 Å². The van der Waals surface area contributed by atoms with Crippen molar-refractivity contribution in [2.75, 3.05) is 6.54 Å². The highest BCUT2D eigenvalue weighted by molar-refractivity contribution is 5.95. The van der Waals surface area contributed by atoms with Crippen molar-refractivity contribution in [3.63, 3.8) is 0 Å². The average Bonchev–Trinajstić information content (AvgIpc) is 3.24. The summed E-state index contributed by atoms with van der Waals surface area (Å²) in [5, 5.41) is 16.8. The van der Waals surface area contributed by atoms with Crippen LogP contribution in [0.5, 0.6) is 0 Å². The molecule has 1 aromatic heterocycles. The van der Waals surface area contributed by atoms with Gasteiger partial charge in [-0.2, -0.15) is 0 Å². The predicted molar refractivity (Wildman–Crippen MR) is 82.2 cm³/mol. The molecule has 7 nitrogen and oxygen atoms in total. The van der Waals surface area contributed by atoms with Gasteiger partial charge < -0.3 is 10.0 Å². The molecule has 1 aliphatic rings. The number of hydrogen-bond donors (Lipinski definition) is 1. The van der Waals surface area contributed by atoms with Crippen LogP contribution in [0.4, 0.5) is 0 Å². The lowest BCUT2D eigenvalue weighted by Crippen LogP contribution is -2.38.